The highest BCUT2D eigenvalue weighted by Crippen LogP contribution is 2.27. The highest BCUT2D eigenvalue weighted by atomic mass is 35.5. The summed E-state index contributed by atoms with van der Waals surface area (Å²) in [4.78, 5) is 17.4. The third-order valence-electron chi connectivity index (χ3n) is 5.11. The lowest BCUT2D eigenvalue weighted by atomic mass is 10.2. The van der Waals surface area contributed by atoms with E-state index in [0.717, 1.165) is 35.1 Å². The van der Waals surface area contributed by atoms with Crippen molar-refractivity contribution in [3.8, 4) is 0 Å². The van der Waals surface area contributed by atoms with E-state index in [2.05, 4.69) is 21.6 Å². The number of amides is 1. The van der Waals surface area contributed by atoms with Gasteiger partial charge >= 0.3 is 6.09 Å². The smallest absolute Gasteiger partial charge is 0.412 e. The summed E-state index contributed by atoms with van der Waals surface area (Å²) in [6, 6.07) is 18.9. The topological polar surface area (TPSA) is 61.6 Å². The maximum absolute atomic E-state index is 12.0. The molecule has 6 nitrogen and oxygen atoms in total. The summed E-state index contributed by atoms with van der Waals surface area (Å²) in [7, 11) is 0. The van der Waals surface area contributed by atoms with Gasteiger partial charge in [-0.05, 0) is 60.5 Å². The predicted octanol–water partition coefficient (Wildman–Crippen LogP) is 6.05. The molecule has 0 bridgehead atoms. The normalized spacial score (nSPS) is 10.9. The lowest BCUT2D eigenvalue weighted by Gasteiger charge is -2.26. The van der Waals surface area contributed by atoms with Crippen LogP contribution in [0.1, 0.15) is 18.9 Å². The molecule has 0 aliphatic heterocycles. The standard InChI is InChI=1S/C24H23ClN4O2/c1-2-14-28(21-9-12-26-13-10-21)29-15-11-19-16-22(7-8-23(19)29)27(24(30)31)17-18-3-5-20(25)6-4-18/h3-13,15-16H,2,14,17H2,1H3,(H,30,31). The van der Waals surface area contributed by atoms with Crippen molar-refractivity contribution in [1.82, 2.24) is 9.66 Å². The Bertz CT molecular complexity index is 1180. The van der Waals surface area contributed by atoms with Gasteiger partial charge in [-0.15, -0.1) is 0 Å². The molecule has 2 aromatic carbocycles. The number of anilines is 2. The van der Waals surface area contributed by atoms with Crippen LogP contribution >= 0.6 is 11.6 Å². The highest BCUT2D eigenvalue weighted by Gasteiger charge is 2.17. The average Bonchev–Trinajstić information content (AvgIpc) is 3.20. The molecule has 0 saturated carbocycles. The van der Waals surface area contributed by atoms with Gasteiger partial charge in [0, 0.05) is 41.2 Å². The molecule has 2 heterocycles. The maximum atomic E-state index is 12.0. The Hall–Kier alpha value is -3.51. The van der Waals surface area contributed by atoms with Gasteiger partial charge in [-0.25, -0.2) is 4.79 Å². The molecule has 0 saturated heterocycles. The minimum absolute atomic E-state index is 0.248. The molecule has 4 rings (SSSR count). The minimum Gasteiger partial charge on any atom is -0.465 e. The average molecular weight is 435 g/mol. The third-order valence-corrected chi connectivity index (χ3v) is 5.36. The number of aromatic nitrogens is 2. The van der Waals surface area contributed by atoms with E-state index in [-0.39, 0.29) is 6.54 Å². The Labute approximate surface area is 185 Å². The number of nitrogens with zero attached hydrogens (tertiary/aromatic N) is 4. The number of carbonyl (C=O) groups is 1. The number of pyridine rings is 1. The van der Waals surface area contributed by atoms with Crippen molar-refractivity contribution in [2.24, 2.45) is 0 Å². The second-order valence-electron chi connectivity index (χ2n) is 7.23. The van der Waals surface area contributed by atoms with Crippen LogP contribution in [0.3, 0.4) is 0 Å². The number of rotatable bonds is 7. The van der Waals surface area contributed by atoms with Gasteiger partial charge < -0.3 is 5.11 Å². The molecular weight excluding hydrogens is 412 g/mol. The minimum atomic E-state index is -1.00. The Balaban J connectivity index is 1.68. The van der Waals surface area contributed by atoms with Crippen LogP contribution in [-0.2, 0) is 6.54 Å². The fraction of sp³-hybridized carbons (Fsp3) is 0.167. The van der Waals surface area contributed by atoms with Gasteiger partial charge in [0.15, 0.2) is 0 Å². The first-order chi connectivity index (χ1) is 15.1. The van der Waals surface area contributed by atoms with E-state index in [1.165, 1.54) is 4.90 Å². The Morgan fingerprint density at radius 2 is 1.77 bits per heavy atom. The summed E-state index contributed by atoms with van der Waals surface area (Å²) >= 11 is 5.95. The monoisotopic (exact) mass is 434 g/mol. The van der Waals surface area contributed by atoms with Crippen molar-refractivity contribution < 1.29 is 9.90 Å². The second-order valence-corrected chi connectivity index (χ2v) is 7.66. The maximum Gasteiger partial charge on any atom is 0.412 e. The molecule has 31 heavy (non-hydrogen) atoms. The molecule has 0 aliphatic carbocycles. The molecular formula is C24H23ClN4O2. The van der Waals surface area contributed by atoms with E-state index in [4.69, 9.17) is 11.6 Å². The highest BCUT2D eigenvalue weighted by molar-refractivity contribution is 6.30. The number of benzene rings is 2. The van der Waals surface area contributed by atoms with E-state index in [0.29, 0.717) is 10.7 Å². The van der Waals surface area contributed by atoms with Gasteiger partial charge in [0.05, 0.1) is 17.7 Å². The summed E-state index contributed by atoms with van der Waals surface area (Å²) in [5, 5.41) is 13.6. The quantitative estimate of drug-likeness (QED) is 0.384. The van der Waals surface area contributed by atoms with Crippen LogP contribution in [0.2, 0.25) is 5.02 Å². The summed E-state index contributed by atoms with van der Waals surface area (Å²) in [6.45, 7) is 3.23. The fourth-order valence-corrected chi connectivity index (χ4v) is 3.75. The molecule has 0 fully saturated rings. The van der Waals surface area contributed by atoms with Crippen molar-refractivity contribution in [2.45, 2.75) is 19.9 Å². The van der Waals surface area contributed by atoms with E-state index in [1.54, 1.807) is 24.5 Å². The van der Waals surface area contributed by atoms with Gasteiger partial charge in [-0.1, -0.05) is 30.7 Å². The zero-order chi connectivity index (χ0) is 21.8. The van der Waals surface area contributed by atoms with E-state index in [1.807, 2.05) is 54.7 Å². The zero-order valence-electron chi connectivity index (χ0n) is 17.1. The van der Waals surface area contributed by atoms with Crippen LogP contribution < -0.4 is 9.91 Å². The van der Waals surface area contributed by atoms with E-state index >= 15 is 0 Å². The SMILES string of the molecule is CCCN(c1ccncc1)n1ccc2cc(N(Cc3ccc(Cl)cc3)C(=O)O)ccc21. The molecule has 0 radical (unpaired) electrons. The summed E-state index contributed by atoms with van der Waals surface area (Å²) in [5.74, 6) is 0. The van der Waals surface area contributed by atoms with Crippen molar-refractivity contribution in [3.63, 3.8) is 0 Å². The van der Waals surface area contributed by atoms with Gasteiger partial charge in [0.2, 0.25) is 0 Å². The van der Waals surface area contributed by atoms with Crippen molar-refractivity contribution in [1.29, 1.82) is 0 Å². The molecule has 0 unspecified atom stereocenters. The molecule has 158 valence electrons. The van der Waals surface area contributed by atoms with Crippen LogP contribution in [0.4, 0.5) is 16.2 Å². The van der Waals surface area contributed by atoms with Crippen LogP contribution in [0.15, 0.2) is 79.3 Å². The van der Waals surface area contributed by atoms with Gasteiger partial charge in [0.25, 0.3) is 0 Å². The first kappa shape index (κ1) is 20.8. The van der Waals surface area contributed by atoms with Crippen molar-refractivity contribution >= 4 is 40.0 Å². The second kappa shape index (κ2) is 9.10. The van der Waals surface area contributed by atoms with Gasteiger partial charge in [0.1, 0.15) is 0 Å². The molecule has 0 spiro atoms. The largest absolute Gasteiger partial charge is 0.465 e. The van der Waals surface area contributed by atoms with Crippen molar-refractivity contribution in [3.05, 3.63) is 89.8 Å². The van der Waals surface area contributed by atoms with E-state index < -0.39 is 6.09 Å². The lowest BCUT2D eigenvalue weighted by molar-refractivity contribution is 0.201. The summed E-state index contributed by atoms with van der Waals surface area (Å²) < 4.78 is 2.10. The van der Waals surface area contributed by atoms with Crippen molar-refractivity contribution in [2.75, 3.05) is 16.5 Å². The Morgan fingerprint density at radius 1 is 1.03 bits per heavy atom. The first-order valence-corrected chi connectivity index (χ1v) is 10.5. The zero-order valence-corrected chi connectivity index (χ0v) is 17.9. The summed E-state index contributed by atoms with van der Waals surface area (Å²) in [6.07, 6.45) is 5.55. The molecule has 2 aromatic heterocycles. The van der Waals surface area contributed by atoms with Crippen LogP contribution in [-0.4, -0.2) is 27.4 Å². The Morgan fingerprint density at radius 3 is 2.45 bits per heavy atom. The van der Waals surface area contributed by atoms with E-state index in [9.17, 15) is 9.90 Å². The molecule has 4 aromatic rings. The van der Waals surface area contributed by atoms with Crippen LogP contribution in [0.5, 0.6) is 0 Å². The van der Waals surface area contributed by atoms with Gasteiger partial charge in [-0.3, -0.25) is 19.6 Å². The number of halogens is 1. The molecule has 0 atom stereocenters. The predicted molar refractivity (Wildman–Crippen MR) is 125 cm³/mol. The number of hydrogen-bond acceptors (Lipinski definition) is 3. The molecule has 0 aliphatic rings. The Kier molecular flexibility index (Phi) is 6.09. The molecule has 1 N–H and O–H groups in total. The molecule has 7 heteroatoms. The number of hydrogen-bond donors (Lipinski definition) is 1. The third kappa shape index (κ3) is 4.49. The lowest BCUT2D eigenvalue weighted by Crippen LogP contribution is -2.30. The van der Waals surface area contributed by atoms with Crippen LogP contribution in [0.25, 0.3) is 10.9 Å². The van der Waals surface area contributed by atoms with Gasteiger partial charge in [-0.2, -0.15) is 0 Å². The van der Waals surface area contributed by atoms with Crippen LogP contribution in [0, 0.1) is 0 Å². The fourth-order valence-electron chi connectivity index (χ4n) is 3.62. The molecule has 1 amide bonds. The number of carboxylic acid groups (broad SMARTS) is 1. The first-order valence-electron chi connectivity index (χ1n) is 10.1. The summed E-state index contributed by atoms with van der Waals surface area (Å²) in [5.41, 5.74) is 3.55. The number of fused-ring (bicyclic) bond motifs is 1.